The van der Waals surface area contributed by atoms with Crippen molar-refractivity contribution in [1.82, 2.24) is 4.90 Å². The normalized spacial score (nSPS) is 20.2. The van der Waals surface area contributed by atoms with E-state index in [-0.39, 0.29) is 30.2 Å². The number of nitrogens with zero attached hydrogens (tertiary/aromatic N) is 1. The zero-order valence-electron chi connectivity index (χ0n) is 13.5. The molecule has 1 amide bonds. The molecule has 122 valence electrons. The lowest BCUT2D eigenvalue weighted by molar-refractivity contribution is -0.134. The third-order valence-electron chi connectivity index (χ3n) is 4.63. The molecule has 2 unspecified atom stereocenters. The lowest BCUT2D eigenvalue weighted by Gasteiger charge is -2.33. The van der Waals surface area contributed by atoms with Crippen LogP contribution in [0.5, 0.6) is 0 Å². The van der Waals surface area contributed by atoms with E-state index in [2.05, 4.69) is 13.8 Å². The van der Waals surface area contributed by atoms with E-state index in [1.165, 1.54) is 12.1 Å². The largest absolute Gasteiger partial charge is 0.396 e. The van der Waals surface area contributed by atoms with Crippen molar-refractivity contribution in [2.75, 3.05) is 19.7 Å². The topological polar surface area (TPSA) is 40.5 Å². The smallest absolute Gasteiger partial charge is 0.223 e. The van der Waals surface area contributed by atoms with Crippen molar-refractivity contribution in [3.63, 3.8) is 0 Å². The zero-order chi connectivity index (χ0) is 16.1. The molecule has 2 rings (SSSR count). The van der Waals surface area contributed by atoms with Gasteiger partial charge in [-0.3, -0.25) is 4.79 Å². The number of hydrogen-bond acceptors (Lipinski definition) is 2. The third kappa shape index (κ3) is 4.29. The number of halogens is 1. The first-order valence-electron chi connectivity index (χ1n) is 8.15. The molecule has 0 bridgehead atoms. The molecule has 2 atom stereocenters. The first-order chi connectivity index (χ1) is 10.5. The van der Waals surface area contributed by atoms with Crippen LogP contribution in [0.2, 0.25) is 0 Å². The standard InChI is InChI=1S/C18H26FNO2/c1-13(2)17(15-5-7-16(19)8-6-15)10-18(22)20-9-3-4-14(11-20)12-21/h5-8,13-14,17,21H,3-4,9-12H2,1-2H3. The van der Waals surface area contributed by atoms with Crippen LogP contribution in [0.1, 0.15) is 44.6 Å². The number of carbonyl (C=O) groups excluding carboxylic acids is 1. The van der Waals surface area contributed by atoms with Crippen molar-refractivity contribution >= 4 is 5.91 Å². The van der Waals surface area contributed by atoms with Crippen molar-refractivity contribution in [3.8, 4) is 0 Å². The number of aliphatic hydroxyl groups excluding tert-OH is 1. The number of rotatable bonds is 5. The van der Waals surface area contributed by atoms with Gasteiger partial charge in [-0.15, -0.1) is 0 Å². The van der Waals surface area contributed by atoms with Crippen molar-refractivity contribution < 1.29 is 14.3 Å². The fraction of sp³-hybridized carbons (Fsp3) is 0.611. The number of aliphatic hydroxyl groups is 1. The van der Waals surface area contributed by atoms with E-state index >= 15 is 0 Å². The van der Waals surface area contributed by atoms with Crippen LogP contribution in [-0.4, -0.2) is 35.6 Å². The number of likely N-dealkylation sites (tertiary alicyclic amines) is 1. The van der Waals surface area contributed by atoms with Gasteiger partial charge in [0.2, 0.25) is 5.91 Å². The number of piperidine rings is 1. The number of benzene rings is 1. The minimum absolute atomic E-state index is 0.0996. The van der Waals surface area contributed by atoms with Gasteiger partial charge in [-0.1, -0.05) is 26.0 Å². The highest BCUT2D eigenvalue weighted by molar-refractivity contribution is 5.77. The molecule has 1 aliphatic heterocycles. The van der Waals surface area contributed by atoms with E-state index in [4.69, 9.17) is 0 Å². The Kier molecular flexibility index (Phi) is 5.95. The Bertz CT molecular complexity index is 486. The minimum Gasteiger partial charge on any atom is -0.396 e. The van der Waals surface area contributed by atoms with Crippen molar-refractivity contribution in [1.29, 1.82) is 0 Å². The minimum atomic E-state index is -0.251. The van der Waals surface area contributed by atoms with Gasteiger partial charge in [-0.25, -0.2) is 4.39 Å². The Labute approximate surface area is 132 Å². The van der Waals surface area contributed by atoms with Crippen LogP contribution in [-0.2, 0) is 4.79 Å². The highest BCUT2D eigenvalue weighted by atomic mass is 19.1. The average molecular weight is 307 g/mol. The Hall–Kier alpha value is -1.42. The van der Waals surface area contributed by atoms with E-state index in [1.807, 2.05) is 4.90 Å². The predicted octanol–water partition coefficient (Wildman–Crippen LogP) is 3.19. The second kappa shape index (κ2) is 7.73. The summed E-state index contributed by atoms with van der Waals surface area (Å²) in [7, 11) is 0. The summed E-state index contributed by atoms with van der Waals surface area (Å²) in [5.41, 5.74) is 1.01. The van der Waals surface area contributed by atoms with Crippen LogP contribution >= 0.6 is 0 Å². The first kappa shape index (κ1) is 16.9. The average Bonchev–Trinajstić information content (AvgIpc) is 2.53. The highest BCUT2D eigenvalue weighted by Crippen LogP contribution is 2.29. The summed E-state index contributed by atoms with van der Waals surface area (Å²) in [5.74, 6) is 0.511. The molecular weight excluding hydrogens is 281 g/mol. The van der Waals surface area contributed by atoms with Crippen molar-refractivity contribution in [2.24, 2.45) is 11.8 Å². The summed E-state index contributed by atoms with van der Waals surface area (Å²) in [5, 5.41) is 9.29. The summed E-state index contributed by atoms with van der Waals surface area (Å²) in [4.78, 5) is 14.5. The Balaban J connectivity index is 2.04. The Morgan fingerprint density at radius 1 is 1.36 bits per heavy atom. The summed E-state index contributed by atoms with van der Waals surface area (Å²) < 4.78 is 13.1. The quantitative estimate of drug-likeness (QED) is 0.907. The van der Waals surface area contributed by atoms with Crippen LogP contribution in [0.25, 0.3) is 0 Å². The Morgan fingerprint density at radius 3 is 2.64 bits per heavy atom. The predicted molar refractivity (Wildman–Crippen MR) is 85.0 cm³/mol. The molecule has 22 heavy (non-hydrogen) atoms. The molecule has 0 aliphatic carbocycles. The van der Waals surface area contributed by atoms with Gasteiger partial charge < -0.3 is 10.0 Å². The van der Waals surface area contributed by atoms with Crippen LogP contribution in [0, 0.1) is 17.7 Å². The highest BCUT2D eigenvalue weighted by Gasteiger charge is 2.27. The number of carbonyl (C=O) groups is 1. The molecule has 1 heterocycles. The molecule has 1 aliphatic rings. The third-order valence-corrected chi connectivity index (χ3v) is 4.63. The summed E-state index contributed by atoms with van der Waals surface area (Å²) >= 11 is 0. The van der Waals surface area contributed by atoms with Gasteiger partial charge in [-0.2, -0.15) is 0 Å². The van der Waals surface area contributed by atoms with Gasteiger partial charge in [0, 0.05) is 26.1 Å². The van der Waals surface area contributed by atoms with Gasteiger partial charge >= 0.3 is 0 Å². The number of hydrogen-bond donors (Lipinski definition) is 1. The van der Waals surface area contributed by atoms with Crippen molar-refractivity contribution in [2.45, 2.75) is 39.0 Å². The molecule has 1 aromatic rings. The van der Waals surface area contributed by atoms with Crippen LogP contribution in [0.4, 0.5) is 4.39 Å². The van der Waals surface area contributed by atoms with Gasteiger partial charge in [0.15, 0.2) is 0 Å². The summed E-state index contributed by atoms with van der Waals surface area (Å²) in [6, 6.07) is 6.47. The molecule has 1 fully saturated rings. The van der Waals surface area contributed by atoms with Crippen molar-refractivity contribution in [3.05, 3.63) is 35.6 Å². The van der Waals surface area contributed by atoms with Gasteiger partial charge in [-0.05, 0) is 48.3 Å². The molecule has 0 radical (unpaired) electrons. The zero-order valence-corrected chi connectivity index (χ0v) is 13.5. The molecule has 1 N–H and O–H groups in total. The van der Waals surface area contributed by atoms with E-state index < -0.39 is 0 Å². The van der Waals surface area contributed by atoms with Gasteiger partial charge in [0.05, 0.1) is 0 Å². The lowest BCUT2D eigenvalue weighted by atomic mass is 9.85. The Morgan fingerprint density at radius 2 is 2.05 bits per heavy atom. The summed E-state index contributed by atoms with van der Waals surface area (Å²) in [6.07, 6.45) is 2.40. The molecule has 4 heteroatoms. The van der Waals surface area contributed by atoms with E-state index in [0.29, 0.717) is 18.9 Å². The molecule has 1 saturated heterocycles. The second-order valence-electron chi connectivity index (χ2n) is 6.64. The maximum absolute atomic E-state index is 13.1. The maximum atomic E-state index is 13.1. The van der Waals surface area contributed by atoms with Crippen LogP contribution in [0.3, 0.4) is 0 Å². The van der Waals surface area contributed by atoms with Crippen LogP contribution in [0.15, 0.2) is 24.3 Å². The summed E-state index contributed by atoms with van der Waals surface area (Å²) in [6.45, 7) is 5.77. The maximum Gasteiger partial charge on any atom is 0.223 e. The van der Waals surface area contributed by atoms with E-state index in [0.717, 1.165) is 24.9 Å². The van der Waals surface area contributed by atoms with Gasteiger partial charge in [0.1, 0.15) is 5.82 Å². The molecular formula is C18H26FNO2. The van der Waals surface area contributed by atoms with Gasteiger partial charge in [0.25, 0.3) is 0 Å². The SMILES string of the molecule is CC(C)C(CC(=O)N1CCCC(CO)C1)c1ccc(F)cc1. The fourth-order valence-electron chi connectivity index (χ4n) is 3.21. The lowest BCUT2D eigenvalue weighted by Crippen LogP contribution is -2.41. The molecule has 3 nitrogen and oxygen atoms in total. The van der Waals surface area contributed by atoms with E-state index in [9.17, 15) is 14.3 Å². The molecule has 0 spiro atoms. The first-order valence-corrected chi connectivity index (χ1v) is 8.15. The second-order valence-corrected chi connectivity index (χ2v) is 6.64. The molecule has 0 saturated carbocycles. The molecule has 0 aromatic heterocycles. The number of amides is 1. The monoisotopic (exact) mass is 307 g/mol. The van der Waals surface area contributed by atoms with Crippen LogP contribution < -0.4 is 0 Å². The van der Waals surface area contributed by atoms with E-state index in [1.54, 1.807) is 12.1 Å². The fourth-order valence-corrected chi connectivity index (χ4v) is 3.21. The molecule has 1 aromatic carbocycles.